The monoisotopic (exact) mass is 440 g/mol. The Bertz CT molecular complexity index is 1010. The number of amides is 1. The van der Waals surface area contributed by atoms with Crippen LogP contribution in [-0.2, 0) is 0 Å². The molecule has 0 radical (unpaired) electrons. The van der Waals surface area contributed by atoms with Gasteiger partial charge in [0.15, 0.2) is 0 Å². The van der Waals surface area contributed by atoms with Crippen LogP contribution in [0.2, 0.25) is 0 Å². The fourth-order valence-corrected chi connectivity index (χ4v) is 3.77. The van der Waals surface area contributed by atoms with Crippen LogP contribution in [-0.4, -0.2) is 56.5 Å². The standard InChI is InChI=1S/C20H21BrN6O/c1-14-15(2)27(13-24-14)19-11-18(22-12-23-19)25-7-9-26(10-8-25)20(28)16-5-3-4-6-17(16)21/h3-6,11-13H,7-10H2,1-2H3. The largest absolute Gasteiger partial charge is 0.353 e. The number of anilines is 1. The highest BCUT2D eigenvalue weighted by molar-refractivity contribution is 9.10. The molecule has 3 heterocycles. The summed E-state index contributed by atoms with van der Waals surface area (Å²) in [5.74, 6) is 1.72. The van der Waals surface area contributed by atoms with E-state index in [1.807, 2.05) is 53.6 Å². The molecule has 0 unspecified atom stereocenters. The molecule has 0 atom stereocenters. The number of piperazine rings is 1. The third-order valence-electron chi connectivity index (χ3n) is 5.13. The van der Waals surface area contributed by atoms with Crippen LogP contribution in [0.1, 0.15) is 21.7 Å². The predicted molar refractivity (Wildman–Crippen MR) is 111 cm³/mol. The van der Waals surface area contributed by atoms with Gasteiger partial charge in [0.1, 0.15) is 24.3 Å². The molecule has 1 aliphatic heterocycles. The lowest BCUT2D eigenvalue weighted by atomic mass is 10.2. The molecule has 7 nitrogen and oxygen atoms in total. The van der Waals surface area contributed by atoms with Crippen molar-refractivity contribution >= 4 is 27.7 Å². The molecule has 144 valence electrons. The van der Waals surface area contributed by atoms with Gasteiger partial charge in [-0.15, -0.1) is 0 Å². The van der Waals surface area contributed by atoms with Gasteiger partial charge in [-0.05, 0) is 41.9 Å². The molecule has 0 aliphatic carbocycles. The maximum absolute atomic E-state index is 12.8. The number of carbonyl (C=O) groups is 1. The second-order valence-electron chi connectivity index (χ2n) is 6.78. The Hall–Kier alpha value is -2.74. The minimum Gasteiger partial charge on any atom is -0.353 e. The van der Waals surface area contributed by atoms with E-state index in [1.165, 1.54) is 0 Å². The number of benzene rings is 1. The second-order valence-corrected chi connectivity index (χ2v) is 7.63. The van der Waals surface area contributed by atoms with Gasteiger partial charge >= 0.3 is 0 Å². The van der Waals surface area contributed by atoms with E-state index >= 15 is 0 Å². The number of carbonyl (C=O) groups excluding carboxylic acids is 1. The van der Waals surface area contributed by atoms with Crippen LogP contribution in [0.15, 0.2) is 47.5 Å². The minimum atomic E-state index is 0.0556. The van der Waals surface area contributed by atoms with Gasteiger partial charge in [0.25, 0.3) is 5.91 Å². The van der Waals surface area contributed by atoms with E-state index in [9.17, 15) is 4.79 Å². The molecule has 28 heavy (non-hydrogen) atoms. The molecule has 0 saturated carbocycles. The quantitative estimate of drug-likeness (QED) is 0.625. The van der Waals surface area contributed by atoms with Crippen LogP contribution in [0.5, 0.6) is 0 Å². The molecule has 1 fully saturated rings. The molecule has 2 aromatic heterocycles. The first kappa shape index (κ1) is 18.6. The lowest BCUT2D eigenvalue weighted by Gasteiger charge is -2.35. The lowest BCUT2D eigenvalue weighted by molar-refractivity contribution is 0.0745. The highest BCUT2D eigenvalue weighted by atomic mass is 79.9. The molecule has 0 spiro atoms. The summed E-state index contributed by atoms with van der Waals surface area (Å²) in [7, 11) is 0. The molecular formula is C20H21BrN6O. The maximum atomic E-state index is 12.8. The third-order valence-corrected chi connectivity index (χ3v) is 5.82. The van der Waals surface area contributed by atoms with E-state index in [4.69, 9.17) is 0 Å². The van der Waals surface area contributed by atoms with Crippen LogP contribution in [0, 0.1) is 13.8 Å². The number of nitrogens with zero attached hydrogens (tertiary/aromatic N) is 6. The Balaban J connectivity index is 1.47. The van der Waals surface area contributed by atoms with Crippen LogP contribution in [0.25, 0.3) is 5.82 Å². The molecule has 8 heteroatoms. The molecule has 1 aromatic carbocycles. The molecule has 1 saturated heterocycles. The van der Waals surface area contributed by atoms with Gasteiger partial charge in [0.2, 0.25) is 0 Å². The summed E-state index contributed by atoms with van der Waals surface area (Å²) in [5, 5.41) is 0. The first-order valence-corrected chi connectivity index (χ1v) is 9.95. The maximum Gasteiger partial charge on any atom is 0.255 e. The number of aromatic nitrogens is 4. The van der Waals surface area contributed by atoms with Crippen molar-refractivity contribution < 1.29 is 4.79 Å². The Morgan fingerprint density at radius 3 is 2.39 bits per heavy atom. The minimum absolute atomic E-state index is 0.0556. The second kappa shape index (κ2) is 7.71. The number of hydrogen-bond donors (Lipinski definition) is 0. The first-order chi connectivity index (χ1) is 13.5. The summed E-state index contributed by atoms with van der Waals surface area (Å²) in [5.41, 5.74) is 2.75. The lowest BCUT2D eigenvalue weighted by Crippen LogP contribution is -2.49. The molecule has 0 N–H and O–H groups in total. The van der Waals surface area contributed by atoms with E-state index in [0.29, 0.717) is 18.7 Å². The van der Waals surface area contributed by atoms with E-state index in [-0.39, 0.29) is 5.91 Å². The summed E-state index contributed by atoms with van der Waals surface area (Å²) in [4.78, 5) is 30.0. The normalized spacial score (nSPS) is 14.4. The number of aryl methyl sites for hydroxylation is 1. The summed E-state index contributed by atoms with van der Waals surface area (Å²) < 4.78 is 2.79. The van der Waals surface area contributed by atoms with Gasteiger partial charge in [0.05, 0.1) is 11.3 Å². The SMILES string of the molecule is Cc1ncn(-c2cc(N3CCN(C(=O)c4ccccc4Br)CC3)ncn2)c1C. The Morgan fingerprint density at radius 1 is 1.00 bits per heavy atom. The van der Waals surface area contributed by atoms with Crippen molar-refractivity contribution in [1.29, 1.82) is 0 Å². The zero-order valence-corrected chi connectivity index (χ0v) is 17.4. The van der Waals surface area contributed by atoms with E-state index in [0.717, 1.165) is 40.6 Å². The zero-order chi connectivity index (χ0) is 19.7. The fraction of sp³-hybridized carbons (Fsp3) is 0.300. The van der Waals surface area contributed by atoms with Crippen molar-refractivity contribution in [2.45, 2.75) is 13.8 Å². The first-order valence-electron chi connectivity index (χ1n) is 9.16. The number of rotatable bonds is 3. The van der Waals surface area contributed by atoms with Crippen molar-refractivity contribution in [3.8, 4) is 5.82 Å². The molecule has 3 aromatic rings. The smallest absolute Gasteiger partial charge is 0.255 e. The van der Waals surface area contributed by atoms with Crippen LogP contribution < -0.4 is 4.90 Å². The molecule has 4 rings (SSSR count). The van der Waals surface area contributed by atoms with Gasteiger partial charge < -0.3 is 9.80 Å². The molecule has 1 amide bonds. The predicted octanol–water partition coefficient (Wildman–Crippen LogP) is 3.00. The van der Waals surface area contributed by atoms with Gasteiger partial charge in [-0.1, -0.05) is 12.1 Å². The van der Waals surface area contributed by atoms with Crippen LogP contribution >= 0.6 is 15.9 Å². The zero-order valence-electron chi connectivity index (χ0n) is 15.8. The third kappa shape index (κ3) is 3.52. The fourth-order valence-electron chi connectivity index (χ4n) is 3.32. The molecule has 1 aliphatic rings. The number of halogens is 1. The molecular weight excluding hydrogens is 420 g/mol. The Labute approximate surface area is 172 Å². The Morgan fingerprint density at radius 2 is 1.71 bits per heavy atom. The van der Waals surface area contributed by atoms with Gasteiger partial charge in [-0.3, -0.25) is 9.36 Å². The van der Waals surface area contributed by atoms with Crippen molar-refractivity contribution in [2.24, 2.45) is 0 Å². The summed E-state index contributed by atoms with van der Waals surface area (Å²) in [6, 6.07) is 9.52. The van der Waals surface area contributed by atoms with Crippen molar-refractivity contribution in [2.75, 3.05) is 31.1 Å². The average Bonchev–Trinajstić information content (AvgIpc) is 3.07. The topological polar surface area (TPSA) is 67.2 Å². The highest BCUT2D eigenvalue weighted by Gasteiger charge is 2.24. The Kier molecular flexibility index (Phi) is 5.13. The number of hydrogen-bond acceptors (Lipinski definition) is 5. The highest BCUT2D eigenvalue weighted by Crippen LogP contribution is 2.21. The van der Waals surface area contributed by atoms with Crippen LogP contribution in [0.3, 0.4) is 0 Å². The van der Waals surface area contributed by atoms with Gasteiger partial charge in [0, 0.05) is 42.4 Å². The summed E-state index contributed by atoms with van der Waals surface area (Å²) in [6.07, 6.45) is 3.36. The summed E-state index contributed by atoms with van der Waals surface area (Å²) in [6.45, 7) is 6.78. The van der Waals surface area contributed by atoms with Gasteiger partial charge in [-0.25, -0.2) is 15.0 Å². The average molecular weight is 441 g/mol. The molecule has 0 bridgehead atoms. The van der Waals surface area contributed by atoms with Crippen molar-refractivity contribution in [3.63, 3.8) is 0 Å². The van der Waals surface area contributed by atoms with Crippen molar-refractivity contribution in [1.82, 2.24) is 24.4 Å². The number of imidazole rings is 1. The summed E-state index contributed by atoms with van der Waals surface area (Å²) >= 11 is 3.47. The van der Waals surface area contributed by atoms with E-state index < -0.39 is 0 Å². The van der Waals surface area contributed by atoms with Gasteiger partial charge in [-0.2, -0.15) is 0 Å². The van der Waals surface area contributed by atoms with E-state index in [2.05, 4.69) is 35.8 Å². The van der Waals surface area contributed by atoms with Crippen molar-refractivity contribution in [3.05, 3.63) is 64.4 Å². The van der Waals surface area contributed by atoms with E-state index in [1.54, 1.807) is 12.7 Å². The van der Waals surface area contributed by atoms with Crippen LogP contribution in [0.4, 0.5) is 5.82 Å².